The molecule has 1 atom stereocenters. The number of benzene rings is 1. The first-order valence-electron chi connectivity index (χ1n) is 5.48. The smallest absolute Gasteiger partial charge is 0.241 e. The lowest BCUT2D eigenvalue weighted by Crippen LogP contribution is -2.36. The van der Waals surface area contributed by atoms with Crippen LogP contribution in [0.1, 0.15) is 12.0 Å². The predicted molar refractivity (Wildman–Crippen MR) is 67.8 cm³/mol. The molecule has 1 aliphatic rings. The first-order chi connectivity index (χ1) is 7.99. The Kier molecular flexibility index (Phi) is 3.73. The number of sulfonamides is 1. The summed E-state index contributed by atoms with van der Waals surface area (Å²) in [7, 11) is -3.44. The van der Waals surface area contributed by atoms with Crippen LogP contribution in [0.2, 0.25) is 5.02 Å². The number of hydrogen-bond acceptors (Lipinski definition) is 3. The largest absolute Gasteiger partial charge is 0.315 e. The fourth-order valence-electron chi connectivity index (χ4n) is 1.95. The van der Waals surface area contributed by atoms with Crippen LogP contribution in [-0.4, -0.2) is 27.5 Å². The van der Waals surface area contributed by atoms with Crippen molar-refractivity contribution in [1.82, 2.24) is 10.0 Å². The summed E-state index contributed by atoms with van der Waals surface area (Å²) in [6, 6.07) is 4.77. The zero-order valence-electron chi connectivity index (χ0n) is 9.53. The van der Waals surface area contributed by atoms with Gasteiger partial charge in [0.15, 0.2) is 0 Å². The van der Waals surface area contributed by atoms with E-state index < -0.39 is 10.0 Å². The second-order valence-electron chi connectivity index (χ2n) is 4.22. The van der Waals surface area contributed by atoms with Crippen LogP contribution in [-0.2, 0) is 10.0 Å². The van der Waals surface area contributed by atoms with Crippen molar-refractivity contribution in [2.45, 2.75) is 24.3 Å². The zero-order chi connectivity index (χ0) is 12.5. The Morgan fingerprint density at radius 3 is 2.82 bits per heavy atom. The van der Waals surface area contributed by atoms with Gasteiger partial charge in [-0.3, -0.25) is 0 Å². The first-order valence-corrected chi connectivity index (χ1v) is 7.34. The van der Waals surface area contributed by atoms with Crippen molar-refractivity contribution in [3.63, 3.8) is 0 Å². The van der Waals surface area contributed by atoms with Crippen LogP contribution < -0.4 is 10.0 Å². The average Bonchev–Trinajstić information content (AvgIpc) is 2.68. The molecule has 1 saturated heterocycles. The minimum atomic E-state index is -3.44. The van der Waals surface area contributed by atoms with Gasteiger partial charge in [0.1, 0.15) is 0 Å². The highest BCUT2D eigenvalue weighted by Crippen LogP contribution is 2.20. The molecule has 0 radical (unpaired) electrons. The van der Waals surface area contributed by atoms with Crippen molar-refractivity contribution >= 4 is 21.6 Å². The highest BCUT2D eigenvalue weighted by Gasteiger charge is 2.23. The van der Waals surface area contributed by atoms with Crippen LogP contribution >= 0.6 is 11.6 Å². The highest BCUT2D eigenvalue weighted by molar-refractivity contribution is 7.89. The monoisotopic (exact) mass is 274 g/mol. The van der Waals surface area contributed by atoms with E-state index in [2.05, 4.69) is 10.0 Å². The van der Waals surface area contributed by atoms with Crippen molar-refractivity contribution in [2.24, 2.45) is 0 Å². The van der Waals surface area contributed by atoms with Gasteiger partial charge in [0, 0.05) is 17.6 Å². The maximum absolute atomic E-state index is 12.1. The summed E-state index contributed by atoms with van der Waals surface area (Å²) in [4.78, 5) is 0.300. The Bertz CT molecular complexity index is 510. The molecule has 2 N–H and O–H groups in total. The van der Waals surface area contributed by atoms with E-state index in [1.165, 1.54) is 0 Å². The van der Waals surface area contributed by atoms with E-state index in [1.807, 2.05) is 0 Å². The molecule has 1 aliphatic heterocycles. The molecule has 4 nitrogen and oxygen atoms in total. The van der Waals surface area contributed by atoms with Gasteiger partial charge in [-0.25, -0.2) is 13.1 Å². The van der Waals surface area contributed by atoms with E-state index in [1.54, 1.807) is 25.1 Å². The number of aryl methyl sites for hydroxylation is 1. The van der Waals surface area contributed by atoms with Gasteiger partial charge < -0.3 is 5.32 Å². The number of halogens is 1. The van der Waals surface area contributed by atoms with Crippen LogP contribution in [0.4, 0.5) is 0 Å². The zero-order valence-corrected chi connectivity index (χ0v) is 11.1. The van der Waals surface area contributed by atoms with Crippen molar-refractivity contribution in [2.75, 3.05) is 13.1 Å². The lowest BCUT2D eigenvalue weighted by Gasteiger charge is -2.13. The third-order valence-electron chi connectivity index (χ3n) is 2.81. The molecule has 0 aromatic heterocycles. The quantitative estimate of drug-likeness (QED) is 0.873. The number of rotatable bonds is 3. The van der Waals surface area contributed by atoms with E-state index >= 15 is 0 Å². The molecule has 1 aromatic carbocycles. The molecule has 0 unspecified atom stereocenters. The summed E-state index contributed by atoms with van der Waals surface area (Å²) < 4.78 is 27.0. The number of hydrogen-bond donors (Lipinski definition) is 2. The van der Waals surface area contributed by atoms with Gasteiger partial charge in [0.2, 0.25) is 10.0 Å². The molecular formula is C11H15ClN2O2S. The third kappa shape index (κ3) is 2.98. The van der Waals surface area contributed by atoms with Crippen molar-refractivity contribution < 1.29 is 8.42 Å². The summed E-state index contributed by atoms with van der Waals surface area (Å²) in [5.41, 5.74) is 0.663. The molecule has 17 heavy (non-hydrogen) atoms. The van der Waals surface area contributed by atoms with Gasteiger partial charge in [-0.1, -0.05) is 11.6 Å². The van der Waals surface area contributed by atoms with Crippen LogP contribution in [0, 0.1) is 6.92 Å². The molecule has 0 aliphatic carbocycles. The maximum atomic E-state index is 12.1. The van der Waals surface area contributed by atoms with Crippen LogP contribution in [0.5, 0.6) is 0 Å². The van der Waals surface area contributed by atoms with Gasteiger partial charge in [-0.05, 0) is 43.7 Å². The van der Waals surface area contributed by atoms with Crippen molar-refractivity contribution in [3.05, 3.63) is 28.8 Å². The molecular weight excluding hydrogens is 260 g/mol. The second-order valence-corrected chi connectivity index (χ2v) is 6.34. The molecule has 6 heteroatoms. The van der Waals surface area contributed by atoms with E-state index in [0.717, 1.165) is 13.0 Å². The van der Waals surface area contributed by atoms with Gasteiger partial charge in [0.25, 0.3) is 0 Å². The molecule has 0 amide bonds. The van der Waals surface area contributed by atoms with Gasteiger partial charge in [0.05, 0.1) is 4.90 Å². The van der Waals surface area contributed by atoms with Crippen molar-refractivity contribution in [1.29, 1.82) is 0 Å². The fraction of sp³-hybridized carbons (Fsp3) is 0.455. The molecule has 1 fully saturated rings. The Balaban J connectivity index is 2.24. The van der Waals surface area contributed by atoms with Crippen LogP contribution in [0.25, 0.3) is 0 Å². The first kappa shape index (κ1) is 12.8. The SMILES string of the molecule is Cc1cc(Cl)ccc1S(=O)(=O)N[C@H]1CCNC1. The normalized spacial score (nSPS) is 20.7. The van der Waals surface area contributed by atoms with E-state index in [4.69, 9.17) is 11.6 Å². The lowest BCUT2D eigenvalue weighted by atomic mass is 10.2. The van der Waals surface area contributed by atoms with E-state index in [0.29, 0.717) is 22.0 Å². The fourth-order valence-corrected chi connectivity index (χ4v) is 3.68. The minimum absolute atomic E-state index is 0.0184. The summed E-state index contributed by atoms with van der Waals surface area (Å²) in [5.74, 6) is 0. The molecule has 2 rings (SSSR count). The molecule has 0 spiro atoms. The standard InChI is InChI=1S/C11H15ClN2O2S/c1-8-6-9(12)2-3-11(8)17(15,16)14-10-4-5-13-7-10/h2-3,6,10,13-14H,4-5,7H2,1H3/t10-/m0/s1. The topological polar surface area (TPSA) is 58.2 Å². The predicted octanol–water partition coefficient (Wildman–Crippen LogP) is 1.29. The average molecular weight is 275 g/mol. The summed E-state index contributed by atoms with van der Waals surface area (Å²) >= 11 is 5.81. The Morgan fingerprint density at radius 1 is 1.47 bits per heavy atom. The lowest BCUT2D eigenvalue weighted by molar-refractivity contribution is 0.559. The summed E-state index contributed by atoms with van der Waals surface area (Å²) in [6.07, 6.45) is 0.825. The summed E-state index contributed by atoms with van der Waals surface area (Å²) in [6.45, 7) is 3.28. The Morgan fingerprint density at radius 2 is 2.24 bits per heavy atom. The second kappa shape index (κ2) is 4.94. The number of nitrogens with one attached hydrogen (secondary N) is 2. The van der Waals surface area contributed by atoms with Gasteiger partial charge in [-0.2, -0.15) is 0 Å². The molecule has 0 bridgehead atoms. The van der Waals surface area contributed by atoms with Crippen molar-refractivity contribution in [3.8, 4) is 0 Å². The minimum Gasteiger partial charge on any atom is -0.315 e. The molecule has 1 aromatic rings. The van der Waals surface area contributed by atoms with E-state index in [9.17, 15) is 8.42 Å². The van der Waals surface area contributed by atoms with Crippen LogP contribution in [0.15, 0.2) is 23.1 Å². The highest BCUT2D eigenvalue weighted by atomic mass is 35.5. The summed E-state index contributed by atoms with van der Waals surface area (Å²) in [5, 5.41) is 3.67. The van der Waals surface area contributed by atoms with Gasteiger partial charge in [-0.15, -0.1) is 0 Å². The molecule has 94 valence electrons. The Labute approximate surface area is 106 Å². The third-order valence-corrected chi connectivity index (χ3v) is 4.72. The maximum Gasteiger partial charge on any atom is 0.241 e. The van der Waals surface area contributed by atoms with E-state index in [-0.39, 0.29) is 6.04 Å². The molecule has 0 saturated carbocycles. The van der Waals surface area contributed by atoms with Crippen LogP contribution in [0.3, 0.4) is 0 Å². The molecule has 1 heterocycles. The van der Waals surface area contributed by atoms with Gasteiger partial charge >= 0.3 is 0 Å². The Hall–Kier alpha value is -0.620.